The van der Waals surface area contributed by atoms with Gasteiger partial charge in [0.05, 0.1) is 57.6 Å². The second-order valence-electron chi connectivity index (χ2n) is 17.6. The number of methoxy groups -OCH3 is 2. The molecule has 17 heteroatoms. The van der Waals surface area contributed by atoms with Gasteiger partial charge in [-0.2, -0.15) is 0 Å². The first-order valence-electron chi connectivity index (χ1n) is 19.7. The minimum atomic E-state index is -2.85. The van der Waals surface area contributed by atoms with Gasteiger partial charge in [0.1, 0.15) is 34.4 Å². The quantitative estimate of drug-likeness (QED) is 0.146. The molecule has 316 valence electrons. The Bertz CT molecular complexity index is 1960. The van der Waals surface area contributed by atoms with E-state index in [2.05, 4.69) is 0 Å². The molecule has 8 fully saturated rings. The van der Waals surface area contributed by atoms with E-state index < -0.39 is 136 Å². The van der Waals surface area contributed by atoms with Crippen LogP contribution in [-0.4, -0.2) is 138 Å². The Kier molecular flexibility index (Phi) is 8.99. The van der Waals surface area contributed by atoms with Gasteiger partial charge in [0, 0.05) is 52.4 Å². The van der Waals surface area contributed by atoms with E-state index in [9.17, 15) is 34.5 Å². The Labute approximate surface area is 339 Å². The van der Waals surface area contributed by atoms with E-state index in [-0.39, 0.29) is 25.0 Å². The molecule has 3 aliphatic carbocycles. The Morgan fingerprint density at radius 2 is 1.64 bits per heavy atom. The first-order valence-corrected chi connectivity index (χ1v) is 20.6. The summed E-state index contributed by atoms with van der Waals surface area (Å²) in [6.07, 6.45) is -6.04. The lowest BCUT2D eigenvalue weighted by molar-refractivity contribution is -0.316. The fourth-order valence-electron chi connectivity index (χ4n) is 13.3. The molecule has 1 spiro atoms. The molecule has 3 N–H and O–H groups in total. The van der Waals surface area contributed by atoms with Crippen molar-refractivity contribution in [2.45, 2.75) is 117 Å². The number of epoxide rings is 1. The Hall–Kier alpha value is -3.13. The number of allylic oxidation sites excluding steroid dienone is 1. The molecule has 2 bridgehead atoms. The first-order chi connectivity index (χ1) is 27.4. The number of hydrogen-bond donors (Lipinski definition) is 3. The molecule has 0 radical (unpaired) electrons. The molecule has 1 aromatic carbocycles. The molecule has 0 unspecified atom stereocenters. The standard InChI is InChI=1S/C41H50O16S/c1-8-19(2)30(44)55-23-15-24(54-20(3)42)38(32(45)49-6)17-52-27-28(38)37(23)18-53-40(48,33(46)50-7)31(37)35(4,29(27)43)41-25-14-22(36(41,5)57-41)39(47)26(16-51-34(39)56-25)58-21-12-10-9-11-13-21/h8-13,22-29,31,34,43,47-48H,14-18H2,1-7H3/b19-8+/t22-,23+,24-,25+,26-,27-,28-,29-,31+,34+,35-,36+,37+,38+,39-,40+,41+/m1/s1. The van der Waals surface area contributed by atoms with Crippen molar-refractivity contribution in [3.05, 3.63) is 42.0 Å². The third kappa shape index (κ3) is 4.55. The summed E-state index contributed by atoms with van der Waals surface area (Å²) in [6, 6.07) is 9.60. The van der Waals surface area contributed by atoms with Crippen molar-refractivity contribution in [2.24, 2.45) is 34.0 Å². The number of benzene rings is 1. The minimum Gasteiger partial charge on any atom is -0.468 e. The lowest BCUT2D eigenvalue weighted by Gasteiger charge is -2.65. The molecule has 5 saturated heterocycles. The van der Waals surface area contributed by atoms with Crippen LogP contribution in [0.3, 0.4) is 0 Å². The summed E-state index contributed by atoms with van der Waals surface area (Å²) < 4.78 is 55.5. The van der Waals surface area contributed by atoms with Crippen molar-refractivity contribution in [3.8, 4) is 0 Å². The molecular formula is C41H50O16S. The van der Waals surface area contributed by atoms with Gasteiger partial charge in [-0.1, -0.05) is 31.2 Å². The van der Waals surface area contributed by atoms with Gasteiger partial charge in [-0.05, 0) is 39.3 Å². The van der Waals surface area contributed by atoms with Crippen molar-refractivity contribution >= 4 is 35.6 Å². The third-order valence-corrected chi connectivity index (χ3v) is 16.9. The van der Waals surface area contributed by atoms with Crippen LogP contribution in [0.5, 0.6) is 0 Å². The van der Waals surface area contributed by atoms with Gasteiger partial charge in [-0.3, -0.25) is 9.59 Å². The molecule has 0 amide bonds. The Morgan fingerprint density at radius 3 is 2.29 bits per heavy atom. The van der Waals surface area contributed by atoms with Crippen LogP contribution in [0.25, 0.3) is 0 Å². The molecule has 8 aliphatic rings. The van der Waals surface area contributed by atoms with Crippen molar-refractivity contribution in [1.29, 1.82) is 0 Å². The summed E-state index contributed by atoms with van der Waals surface area (Å²) in [5.41, 5.74) is -9.59. The maximum atomic E-state index is 14.3. The number of thioether (sulfide) groups is 1. The highest BCUT2D eigenvalue weighted by Crippen LogP contribution is 2.83. The third-order valence-electron chi connectivity index (χ3n) is 15.5. The fraction of sp³-hybridized carbons (Fsp3) is 0.707. The van der Waals surface area contributed by atoms with E-state index >= 15 is 0 Å². The number of rotatable bonds is 8. The van der Waals surface area contributed by atoms with Crippen LogP contribution in [0, 0.1) is 34.0 Å². The van der Waals surface area contributed by atoms with E-state index in [1.807, 2.05) is 37.3 Å². The highest BCUT2D eigenvalue weighted by molar-refractivity contribution is 8.00. The van der Waals surface area contributed by atoms with E-state index in [1.165, 1.54) is 25.8 Å². The summed E-state index contributed by atoms with van der Waals surface area (Å²) in [7, 11) is 2.25. The van der Waals surface area contributed by atoms with Gasteiger partial charge in [0.15, 0.2) is 6.29 Å². The van der Waals surface area contributed by atoms with E-state index in [0.717, 1.165) is 12.0 Å². The van der Waals surface area contributed by atoms with Gasteiger partial charge in [0.25, 0.3) is 5.79 Å². The number of aliphatic hydroxyl groups is 3. The van der Waals surface area contributed by atoms with Crippen LogP contribution in [0.4, 0.5) is 0 Å². The number of aliphatic hydroxyl groups excluding tert-OH is 1. The van der Waals surface area contributed by atoms with Crippen molar-refractivity contribution in [3.63, 3.8) is 0 Å². The van der Waals surface area contributed by atoms with Crippen LogP contribution in [0.2, 0.25) is 0 Å². The first kappa shape index (κ1) is 40.3. The summed E-state index contributed by atoms with van der Waals surface area (Å²) in [5.74, 6) is -9.83. The summed E-state index contributed by atoms with van der Waals surface area (Å²) >= 11 is 1.46. The second kappa shape index (κ2) is 12.9. The van der Waals surface area contributed by atoms with Crippen LogP contribution in [0.15, 0.2) is 46.9 Å². The average molecular weight is 831 g/mol. The maximum absolute atomic E-state index is 14.3. The molecule has 9 rings (SSSR count). The number of carbonyl (C=O) groups is 4. The maximum Gasteiger partial charge on any atom is 0.366 e. The normalized spacial score (nSPS) is 50.5. The monoisotopic (exact) mass is 830 g/mol. The molecule has 1 aromatic rings. The highest BCUT2D eigenvalue weighted by atomic mass is 32.2. The zero-order valence-electron chi connectivity index (χ0n) is 33.3. The SMILES string of the molecule is C/C=C(\C)C(=O)O[C@H]1C[C@@H](OC(C)=O)[C@@]2(C(=O)OC)CO[C@H]3[C@@H](O)[C@@](C)([C@]45O[C@@]4(C)[C@H]4C[C@@H]5O[C@@H]5OC[C@@H](Sc6ccccc6)[C@@]54O)[C@H]4[C@]1(CO[C@]4(O)C(=O)OC)[C@@H]32. The highest BCUT2D eigenvalue weighted by Gasteiger charge is 2.97. The zero-order chi connectivity index (χ0) is 41.6. The molecule has 0 aromatic heterocycles. The smallest absolute Gasteiger partial charge is 0.366 e. The van der Waals surface area contributed by atoms with Crippen LogP contribution < -0.4 is 0 Å². The molecule has 5 heterocycles. The number of hydrogen-bond acceptors (Lipinski definition) is 17. The lowest BCUT2D eigenvalue weighted by atomic mass is 9.37. The predicted octanol–water partition coefficient (Wildman–Crippen LogP) is 1.44. The van der Waals surface area contributed by atoms with Crippen LogP contribution >= 0.6 is 11.8 Å². The molecule has 16 nitrogen and oxygen atoms in total. The van der Waals surface area contributed by atoms with E-state index in [4.69, 9.17) is 42.6 Å². The molecule has 5 aliphatic heterocycles. The van der Waals surface area contributed by atoms with Crippen molar-refractivity contribution in [1.82, 2.24) is 0 Å². The second-order valence-corrected chi connectivity index (χ2v) is 18.8. The molecular weight excluding hydrogens is 781 g/mol. The van der Waals surface area contributed by atoms with Gasteiger partial charge in [-0.25, -0.2) is 9.59 Å². The van der Waals surface area contributed by atoms with Crippen LogP contribution in [0.1, 0.15) is 47.5 Å². The number of esters is 4. The number of carbonyl (C=O) groups excluding carboxylic acids is 4. The van der Waals surface area contributed by atoms with Crippen LogP contribution in [-0.2, 0) is 61.8 Å². The molecule has 17 atom stereocenters. The van der Waals surface area contributed by atoms with E-state index in [1.54, 1.807) is 26.8 Å². The van der Waals surface area contributed by atoms with Gasteiger partial charge in [0.2, 0.25) is 0 Å². The molecule has 58 heavy (non-hydrogen) atoms. The largest absolute Gasteiger partial charge is 0.468 e. The minimum absolute atomic E-state index is 0.184. The van der Waals surface area contributed by atoms with Crippen molar-refractivity contribution in [2.75, 3.05) is 34.0 Å². The summed E-state index contributed by atoms with van der Waals surface area (Å²) in [6.45, 7) is 7.16. The topological polar surface area (TPSA) is 215 Å². The lowest BCUT2D eigenvalue weighted by Crippen LogP contribution is -2.79. The summed E-state index contributed by atoms with van der Waals surface area (Å²) in [4.78, 5) is 56.0. The van der Waals surface area contributed by atoms with Gasteiger partial charge >= 0.3 is 23.9 Å². The van der Waals surface area contributed by atoms with Crippen molar-refractivity contribution < 1.29 is 77.1 Å². The number of fused-ring (bicyclic) bond motifs is 7. The fourth-order valence-corrected chi connectivity index (χ4v) is 14.5. The van der Waals surface area contributed by atoms with Gasteiger partial charge < -0.3 is 58.0 Å². The number of ether oxygens (including phenoxy) is 9. The average Bonchev–Trinajstić information content (AvgIpc) is 3.51. The Morgan fingerprint density at radius 1 is 0.931 bits per heavy atom. The predicted molar refractivity (Wildman–Crippen MR) is 196 cm³/mol. The Balaban J connectivity index is 1.24. The van der Waals surface area contributed by atoms with E-state index in [0.29, 0.717) is 0 Å². The molecule has 3 saturated carbocycles. The summed E-state index contributed by atoms with van der Waals surface area (Å²) in [5, 5.41) is 38.4. The zero-order valence-corrected chi connectivity index (χ0v) is 34.1. The van der Waals surface area contributed by atoms with Gasteiger partial charge in [-0.15, -0.1) is 11.8 Å².